The van der Waals surface area contributed by atoms with Gasteiger partial charge in [0.1, 0.15) is 10.5 Å². The fraction of sp³-hybridized carbons (Fsp3) is 0.143. The number of benzene rings is 1. The zero-order chi connectivity index (χ0) is 13.2. The Hall–Kier alpha value is -1.85. The molecule has 3 aromatic rings. The van der Waals surface area contributed by atoms with Gasteiger partial charge in [0.2, 0.25) is 0 Å². The Morgan fingerprint density at radius 1 is 1.26 bits per heavy atom. The van der Waals surface area contributed by atoms with Crippen LogP contribution in [0.3, 0.4) is 0 Å². The van der Waals surface area contributed by atoms with Crippen LogP contribution in [0.4, 0.5) is 0 Å². The average Bonchev–Trinajstić information content (AvgIpc) is 2.81. The van der Waals surface area contributed by atoms with E-state index in [1.54, 1.807) is 6.20 Å². The Labute approximate surface area is 115 Å². The lowest BCUT2D eigenvalue weighted by Gasteiger charge is -2.05. The Balaban J connectivity index is 1.90. The topological polar surface area (TPSA) is 64.9 Å². The van der Waals surface area contributed by atoms with Gasteiger partial charge in [-0.05, 0) is 48.5 Å². The van der Waals surface area contributed by atoms with Gasteiger partial charge in [-0.2, -0.15) is 0 Å². The monoisotopic (exact) mass is 271 g/mol. The van der Waals surface area contributed by atoms with Gasteiger partial charge in [-0.1, -0.05) is 12.1 Å². The number of hydrogen-bond acceptors (Lipinski definition) is 5. The average molecular weight is 271 g/mol. The van der Waals surface area contributed by atoms with E-state index in [1.807, 2.05) is 43.3 Å². The van der Waals surface area contributed by atoms with Crippen LogP contribution in [0.15, 0.2) is 57.3 Å². The van der Waals surface area contributed by atoms with Crippen molar-refractivity contribution >= 4 is 22.9 Å². The van der Waals surface area contributed by atoms with Crippen LogP contribution in [0.25, 0.3) is 11.1 Å². The number of nitrogens with zero attached hydrogens (tertiary/aromatic N) is 2. The molecule has 0 unspecified atom stereocenters. The largest absolute Gasteiger partial charge is 0.431 e. The summed E-state index contributed by atoms with van der Waals surface area (Å²) in [4.78, 5) is 8.70. The maximum atomic E-state index is 5.86. The molecular weight excluding hydrogens is 258 g/mol. The number of nitrogens with two attached hydrogens (primary N) is 1. The number of hydrogen-bond donors (Lipinski definition) is 1. The molecule has 4 nitrogen and oxygen atoms in total. The van der Waals surface area contributed by atoms with Gasteiger partial charge < -0.3 is 10.2 Å². The van der Waals surface area contributed by atoms with Crippen molar-refractivity contribution in [2.45, 2.75) is 23.2 Å². The normalized spacial score (nSPS) is 12.7. The van der Waals surface area contributed by atoms with Crippen molar-refractivity contribution in [1.82, 2.24) is 9.97 Å². The summed E-state index contributed by atoms with van der Waals surface area (Å²) in [5.41, 5.74) is 8.55. The number of fused-ring (bicyclic) bond motifs is 1. The minimum atomic E-state index is -0.00835. The fourth-order valence-corrected chi connectivity index (χ4v) is 2.51. The third-order valence-electron chi connectivity index (χ3n) is 2.75. The van der Waals surface area contributed by atoms with E-state index in [-0.39, 0.29) is 6.04 Å². The predicted molar refractivity (Wildman–Crippen MR) is 75.0 cm³/mol. The van der Waals surface area contributed by atoms with Crippen LogP contribution in [0.1, 0.15) is 18.5 Å². The predicted octanol–water partition coefficient (Wildman–Crippen LogP) is 3.39. The van der Waals surface area contributed by atoms with Crippen molar-refractivity contribution in [1.29, 1.82) is 0 Å². The number of oxazole rings is 1. The second-order valence-corrected chi connectivity index (χ2v) is 5.24. The Morgan fingerprint density at radius 2 is 2.11 bits per heavy atom. The van der Waals surface area contributed by atoms with E-state index in [9.17, 15) is 0 Å². The lowest BCUT2D eigenvalue weighted by molar-refractivity contribution is 0.489. The zero-order valence-corrected chi connectivity index (χ0v) is 11.2. The van der Waals surface area contributed by atoms with Crippen molar-refractivity contribution in [3.05, 3.63) is 48.2 Å². The SMILES string of the molecule is C[C@H](N)c1ccnc(Sc2nc3ccccc3o2)c1. The van der Waals surface area contributed by atoms with Crippen molar-refractivity contribution in [3.63, 3.8) is 0 Å². The number of aromatic nitrogens is 2. The van der Waals surface area contributed by atoms with Crippen LogP contribution in [0.2, 0.25) is 0 Å². The number of pyridine rings is 1. The van der Waals surface area contributed by atoms with Gasteiger partial charge in [0.05, 0.1) is 0 Å². The molecule has 2 N–H and O–H groups in total. The van der Waals surface area contributed by atoms with Crippen molar-refractivity contribution in [3.8, 4) is 0 Å². The van der Waals surface area contributed by atoms with Crippen LogP contribution in [-0.2, 0) is 0 Å². The molecule has 96 valence electrons. The van der Waals surface area contributed by atoms with E-state index in [4.69, 9.17) is 10.2 Å². The van der Waals surface area contributed by atoms with Gasteiger partial charge in [0.25, 0.3) is 5.22 Å². The van der Waals surface area contributed by atoms with Crippen molar-refractivity contribution in [2.24, 2.45) is 5.73 Å². The first-order valence-electron chi connectivity index (χ1n) is 5.97. The highest BCUT2D eigenvalue weighted by Gasteiger charge is 2.09. The molecule has 0 radical (unpaired) electrons. The van der Waals surface area contributed by atoms with Gasteiger partial charge in [0, 0.05) is 12.2 Å². The summed E-state index contributed by atoms with van der Waals surface area (Å²) in [5.74, 6) is 0. The molecular formula is C14H13N3OS. The molecule has 0 aliphatic carbocycles. The Kier molecular flexibility index (Phi) is 3.23. The first-order valence-corrected chi connectivity index (χ1v) is 6.79. The second kappa shape index (κ2) is 5.03. The minimum absolute atomic E-state index is 0.00835. The van der Waals surface area contributed by atoms with Gasteiger partial charge in [0.15, 0.2) is 5.58 Å². The molecule has 0 fully saturated rings. The fourth-order valence-electron chi connectivity index (χ4n) is 1.75. The Bertz CT molecular complexity index is 675. The Morgan fingerprint density at radius 3 is 2.89 bits per heavy atom. The number of para-hydroxylation sites is 2. The quantitative estimate of drug-likeness (QED) is 0.791. The van der Waals surface area contributed by atoms with E-state index >= 15 is 0 Å². The second-order valence-electron chi connectivity index (χ2n) is 4.27. The summed E-state index contributed by atoms with van der Waals surface area (Å²) in [7, 11) is 0. The van der Waals surface area contributed by atoms with E-state index in [1.165, 1.54) is 11.8 Å². The molecule has 0 bridgehead atoms. The molecule has 1 aromatic carbocycles. The standard InChI is InChI=1S/C14H13N3OS/c1-9(15)10-6-7-16-13(8-10)19-14-17-11-4-2-3-5-12(11)18-14/h2-9H,15H2,1H3/t9-/m0/s1. The van der Waals surface area contributed by atoms with E-state index in [0.717, 1.165) is 21.7 Å². The summed E-state index contributed by atoms with van der Waals surface area (Å²) in [6, 6.07) is 11.6. The zero-order valence-electron chi connectivity index (χ0n) is 10.4. The molecule has 0 saturated heterocycles. The summed E-state index contributed by atoms with van der Waals surface area (Å²) in [5, 5.41) is 1.43. The highest BCUT2D eigenvalue weighted by atomic mass is 32.2. The summed E-state index contributed by atoms with van der Waals surface area (Å²) in [6.07, 6.45) is 1.75. The lowest BCUT2D eigenvalue weighted by Crippen LogP contribution is -2.04. The maximum absolute atomic E-state index is 5.86. The smallest absolute Gasteiger partial charge is 0.263 e. The highest BCUT2D eigenvalue weighted by Crippen LogP contribution is 2.29. The molecule has 2 aromatic heterocycles. The molecule has 0 saturated carbocycles. The molecule has 1 atom stereocenters. The van der Waals surface area contributed by atoms with Gasteiger partial charge in [-0.3, -0.25) is 0 Å². The lowest BCUT2D eigenvalue weighted by atomic mass is 10.1. The van der Waals surface area contributed by atoms with E-state index in [2.05, 4.69) is 9.97 Å². The number of rotatable bonds is 3. The molecule has 2 heterocycles. The highest BCUT2D eigenvalue weighted by molar-refractivity contribution is 7.99. The first kappa shape index (κ1) is 12.2. The van der Waals surface area contributed by atoms with Crippen LogP contribution in [0, 0.1) is 0 Å². The molecule has 3 rings (SSSR count). The minimum Gasteiger partial charge on any atom is -0.431 e. The van der Waals surface area contributed by atoms with Crippen molar-refractivity contribution in [2.75, 3.05) is 0 Å². The molecule has 0 amide bonds. The molecule has 19 heavy (non-hydrogen) atoms. The van der Waals surface area contributed by atoms with E-state index < -0.39 is 0 Å². The molecule has 0 aliphatic rings. The van der Waals surface area contributed by atoms with Crippen LogP contribution in [-0.4, -0.2) is 9.97 Å². The summed E-state index contributed by atoms with van der Waals surface area (Å²) < 4.78 is 5.65. The third kappa shape index (κ3) is 2.62. The summed E-state index contributed by atoms with van der Waals surface area (Å²) >= 11 is 1.40. The molecule has 0 aliphatic heterocycles. The van der Waals surface area contributed by atoms with Crippen molar-refractivity contribution < 1.29 is 4.42 Å². The van der Waals surface area contributed by atoms with Crippen LogP contribution >= 0.6 is 11.8 Å². The van der Waals surface area contributed by atoms with Gasteiger partial charge in [-0.15, -0.1) is 0 Å². The summed E-state index contributed by atoms with van der Waals surface area (Å²) in [6.45, 7) is 1.95. The third-order valence-corrected chi connectivity index (χ3v) is 3.53. The van der Waals surface area contributed by atoms with Crippen LogP contribution in [0.5, 0.6) is 0 Å². The van der Waals surface area contributed by atoms with E-state index in [0.29, 0.717) is 5.22 Å². The maximum Gasteiger partial charge on any atom is 0.263 e. The van der Waals surface area contributed by atoms with Gasteiger partial charge >= 0.3 is 0 Å². The first-order chi connectivity index (χ1) is 9.22. The van der Waals surface area contributed by atoms with Gasteiger partial charge in [-0.25, -0.2) is 9.97 Å². The molecule has 5 heteroatoms. The molecule has 0 spiro atoms. The van der Waals surface area contributed by atoms with Crippen LogP contribution < -0.4 is 5.73 Å².